The Hall–Kier alpha value is -2.36. The first-order valence-electron chi connectivity index (χ1n) is 6.48. The van der Waals surface area contributed by atoms with Crippen molar-refractivity contribution in [2.24, 2.45) is 0 Å². The van der Waals surface area contributed by atoms with Crippen molar-refractivity contribution >= 4 is 22.7 Å². The number of carboxylic acid groups (broad SMARTS) is 2. The minimum atomic E-state index is -0.909. The predicted octanol–water partition coefficient (Wildman–Crippen LogP) is 3.26. The van der Waals surface area contributed by atoms with E-state index in [0.29, 0.717) is 6.42 Å². The molecule has 0 aliphatic carbocycles. The Labute approximate surface area is 116 Å². The van der Waals surface area contributed by atoms with Crippen molar-refractivity contribution in [3.8, 4) is 0 Å². The van der Waals surface area contributed by atoms with E-state index in [0.717, 1.165) is 16.3 Å². The highest BCUT2D eigenvalue weighted by atomic mass is 16.4. The molecule has 0 amide bonds. The molecule has 0 fully saturated rings. The van der Waals surface area contributed by atoms with Gasteiger partial charge in [0.15, 0.2) is 0 Å². The Kier molecular flexibility index (Phi) is 4.35. The lowest BCUT2D eigenvalue weighted by molar-refractivity contribution is -0.139. The summed E-state index contributed by atoms with van der Waals surface area (Å²) in [7, 11) is 0. The minimum absolute atomic E-state index is 0.0230. The molecular formula is C16H16O4. The third-order valence-corrected chi connectivity index (χ3v) is 3.37. The summed E-state index contributed by atoms with van der Waals surface area (Å²) in [5.74, 6) is -2.08. The van der Waals surface area contributed by atoms with E-state index < -0.39 is 11.9 Å². The van der Waals surface area contributed by atoms with E-state index in [1.165, 1.54) is 0 Å². The van der Waals surface area contributed by atoms with Crippen molar-refractivity contribution in [2.75, 3.05) is 0 Å². The molecule has 0 saturated carbocycles. The van der Waals surface area contributed by atoms with Gasteiger partial charge in [0.1, 0.15) is 0 Å². The van der Waals surface area contributed by atoms with Gasteiger partial charge in [-0.05, 0) is 28.7 Å². The Morgan fingerprint density at radius 1 is 0.950 bits per heavy atom. The zero-order valence-corrected chi connectivity index (χ0v) is 11.0. The maximum Gasteiger partial charge on any atom is 0.303 e. The number of benzene rings is 2. The second-order valence-corrected chi connectivity index (χ2v) is 4.83. The largest absolute Gasteiger partial charge is 0.481 e. The first-order valence-corrected chi connectivity index (χ1v) is 6.48. The monoisotopic (exact) mass is 272 g/mol. The Morgan fingerprint density at radius 3 is 2.30 bits per heavy atom. The standard InChI is InChI=1S/C16H16O4/c17-15(18)8-7-14(10-16(19)20)13-6-5-11-3-1-2-4-12(11)9-13/h1-6,9,14H,7-8,10H2,(H,17,18)(H,19,20). The summed E-state index contributed by atoms with van der Waals surface area (Å²) in [6.07, 6.45) is 0.260. The van der Waals surface area contributed by atoms with Crippen molar-refractivity contribution < 1.29 is 19.8 Å². The first-order chi connectivity index (χ1) is 9.56. The summed E-state index contributed by atoms with van der Waals surface area (Å²) in [4.78, 5) is 21.6. The molecule has 1 unspecified atom stereocenters. The van der Waals surface area contributed by atoms with Crippen LogP contribution in [0.4, 0.5) is 0 Å². The molecule has 0 radical (unpaired) electrons. The molecule has 0 aliphatic heterocycles. The highest BCUT2D eigenvalue weighted by molar-refractivity contribution is 5.83. The van der Waals surface area contributed by atoms with Crippen molar-refractivity contribution in [1.29, 1.82) is 0 Å². The van der Waals surface area contributed by atoms with Gasteiger partial charge >= 0.3 is 11.9 Å². The van der Waals surface area contributed by atoms with Crippen molar-refractivity contribution in [3.05, 3.63) is 48.0 Å². The van der Waals surface area contributed by atoms with Crippen LogP contribution in [0.2, 0.25) is 0 Å². The summed E-state index contributed by atoms with van der Waals surface area (Å²) in [5, 5.41) is 19.9. The molecule has 4 nitrogen and oxygen atoms in total. The average molecular weight is 272 g/mol. The Balaban J connectivity index is 2.28. The van der Waals surface area contributed by atoms with E-state index in [1.807, 2.05) is 42.5 Å². The number of aliphatic carboxylic acids is 2. The van der Waals surface area contributed by atoms with E-state index in [9.17, 15) is 9.59 Å². The summed E-state index contributed by atoms with van der Waals surface area (Å²) >= 11 is 0. The highest BCUT2D eigenvalue weighted by Crippen LogP contribution is 2.28. The first kappa shape index (κ1) is 14.1. The van der Waals surface area contributed by atoms with Crippen molar-refractivity contribution in [3.63, 3.8) is 0 Å². The van der Waals surface area contributed by atoms with Crippen LogP contribution in [0.3, 0.4) is 0 Å². The Morgan fingerprint density at radius 2 is 1.65 bits per heavy atom. The zero-order chi connectivity index (χ0) is 14.5. The minimum Gasteiger partial charge on any atom is -0.481 e. The molecule has 20 heavy (non-hydrogen) atoms. The summed E-state index contributed by atoms with van der Waals surface area (Å²) in [5.41, 5.74) is 0.882. The van der Waals surface area contributed by atoms with Crippen LogP contribution in [0.25, 0.3) is 10.8 Å². The van der Waals surface area contributed by atoms with Crippen LogP contribution >= 0.6 is 0 Å². The SMILES string of the molecule is O=C(O)CCC(CC(=O)O)c1ccc2ccccc2c1. The Bertz CT molecular complexity index is 633. The van der Waals surface area contributed by atoms with Crippen LogP contribution in [0.1, 0.15) is 30.7 Å². The second kappa shape index (κ2) is 6.19. The van der Waals surface area contributed by atoms with Gasteiger partial charge in [0.05, 0.1) is 6.42 Å². The third kappa shape index (κ3) is 3.57. The molecule has 0 aliphatic rings. The van der Waals surface area contributed by atoms with Gasteiger partial charge in [-0.3, -0.25) is 9.59 Å². The van der Waals surface area contributed by atoms with Gasteiger partial charge in [-0.1, -0.05) is 42.5 Å². The normalized spacial score (nSPS) is 12.2. The van der Waals surface area contributed by atoms with E-state index in [-0.39, 0.29) is 18.8 Å². The fourth-order valence-electron chi connectivity index (χ4n) is 2.36. The molecule has 1 atom stereocenters. The molecule has 0 aromatic heterocycles. The van der Waals surface area contributed by atoms with Gasteiger partial charge in [-0.25, -0.2) is 0 Å². The van der Waals surface area contributed by atoms with Gasteiger partial charge in [-0.2, -0.15) is 0 Å². The fraction of sp³-hybridized carbons (Fsp3) is 0.250. The molecule has 2 rings (SSSR count). The summed E-state index contributed by atoms with van der Waals surface area (Å²) in [6, 6.07) is 13.6. The molecule has 2 aromatic carbocycles. The number of fused-ring (bicyclic) bond motifs is 1. The van der Waals surface area contributed by atoms with Crippen LogP contribution in [-0.4, -0.2) is 22.2 Å². The maximum atomic E-state index is 10.9. The maximum absolute atomic E-state index is 10.9. The van der Waals surface area contributed by atoms with Crippen LogP contribution in [0.15, 0.2) is 42.5 Å². The molecule has 0 spiro atoms. The lowest BCUT2D eigenvalue weighted by Crippen LogP contribution is -2.08. The van der Waals surface area contributed by atoms with Crippen LogP contribution in [0.5, 0.6) is 0 Å². The smallest absolute Gasteiger partial charge is 0.303 e. The lowest BCUT2D eigenvalue weighted by Gasteiger charge is -2.15. The number of carboxylic acids is 2. The second-order valence-electron chi connectivity index (χ2n) is 4.83. The van der Waals surface area contributed by atoms with Crippen LogP contribution < -0.4 is 0 Å². The van der Waals surface area contributed by atoms with Crippen LogP contribution in [-0.2, 0) is 9.59 Å². The van der Waals surface area contributed by atoms with E-state index in [4.69, 9.17) is 10.2 Å². The average Bonchev–Trinajstić information content (AvgIpc) is 2.42. The lowest BCUT2D eigenvalue weighted by atomic mass is 9.90. The summed E-state index contributed by atoms with van der Waals surface area (Å²) in [6.45, 7) is 0. The molecule has 0 heterocycles. The number of carbonyl (C=O) groups is 2. The molecular weight excluding hydrogens is 256 g/mol. The molecule has 2 N–H and O–H groups in total. The topological polar surface area (TPSA) is 74.6 Å². The number of hydrogen-bond donors (Lipinski definition) is 2. The van der Waals surface area contributed by atoms with E-state index in [2.05, 4.69) is 0 Å². The third-order valence-electron chi connectivity index (χ3n) is 3.37. The molecule has 0 bridgehead atoms. The van der Waals surface area contributed by atoms with Crippen LogP contribution in [0, 0.1) is 0 Å². The summed E-state index contributed by atoms with van der Waals surface area (Å²) < 4.78 is 0. The highest BCUT2D eigenvalue weighted by Gasteiger charge is 2.17. The quantitative estimate of drug-likeness (QED) is 0.846. The van der Waals surface area contributed by atoms with Gasteiger partial charge in [0, 0.05) is 6.42 Å². The molecule has 2 aromatic rings. The number of rotatable bonds is 6. The van der Waals surface area contributed by atoms with E-state index >= 15 is 0 Å². The van der Waals surface area contributed by atoms with Gasteiger partial charge < -0.3 is 10.2 Å². The van der Waals surface area contributed by atoms with Gasteiger partial charge in [-0.15, -0.1) is 0 Å². The number of hydrogen-bond acceptors (Lipinski definition) is 2. The van der Waals surface area contributed by atoms with Gasteiger partial charge in [0.2, 0.25) is 0 Å². The fourth-order valence-corrected chi connectivity index (χ4v) is 2.36. The molecule has 4 heteroatoms. The molecule has 0 saturated heterocycles. The molecule has 104 valence electrons. The van der Waals surface area contributed by atoms with Crippen molar-refractivity contribution in [2.45, 2.75) is 25.2 Å². The zero-order valence-electron chi connectivity index (χ0n) is 11.0. The van der Waals surface area contributed by atoms with Gasteiger partial charge in [0.25, 0.3) is 0 Å². The van der Waals surface area contributed by atoms with Crippen molar-refractivity contribution in [1.82, 2.24) is 0 Å². The van der Waals surface area contributed by atoms with E-state index in [1.54, 1.807) is 0 Å². The predicted molar refractivity (Wildman–Crippen MR) is 75.8 cm³/mol.